The van der Waals surface area contributed by atoms with Gasteiger partial charge in [-0.3, -0.25) is 0 Å². The largest absolute Gasteiger partial charge is 0.126 e. The lowest BCUT2D eigenvalue weighted by Gasteiger charge is -1.90. The van der Waals surface area contributed by atoms with Crippen LogP contribution in [0.5, 0.6) is 0 Å². The maximum absolute atomic E-state index is 3.27. The predicted octanol–water partition coefficient (Wildman–Crippen LogP) is 2.37. The van der Waals surface area contributed by atoms with Gasteiger partial charge >= 0.3 is 0 Å². The molecule has 2 aliphatic rings. The van der Waals surface area contributed by atoms with Gasteiger partial charge in [-0.1, -0.05) is 13.3 Å². The summed E-state index contributed by atoms with van der Waals surface area (Å²) in [5.41, 5.74) is 4.77. The molecule has 0 aromatic carbocycles. The fourth-order valence-corrected chi connectivity index (χ4v) is 2.09. The molecule has 2 aliphatic carbocycles. The Hall–Kier alpha value is -0.480. The van der Waals surface area contributed by atoms with E-state index >= 15 is 0 Å². The maximum atomic E-state index is 3.27. The molecule has 2 unspecified atom stereocenters. The lowest BCUT2D eigenvalue weighted by Crippen LogP contribution is -1.80. The van der Waals surface area contributed by atoms with Crippen LogP contribution in [0.25, 0.3) is 0 Å². The standard InChI is InChI=1S/C9H12/c1-3-7-8-5-4-6(2)9(7)8/h5,7-9H,3H2,1-2H3/t7?,8-,9?/m1/s1. The fraction of sp³-hybridized carbons (Fsp3) is 0.667. The van der Waals surface area contributed by atoms with Crippen LogP contribution in [-0.4, -0.2) is 0 Å². The number of hydrogen-bond acceptors (Lipinski definition) is 0. The third kappa shape index (κ3) is 0.544. The van der Waals surface area contributed by atoms with E-state index in [4.69, 9.17) is 0 Å². The Balaban J connectivity index is 2.13. The molecule has 1 fully saturated rings. The van der Waals surface area contributed by atoms with Crippen LogP contribution >= 0.6 is 0 Å². The van der Waals surface area contributed by atoms with Crippen molar-refractivity contribution in [2.75, 3.05) is 0 Å². The third-order valence-electron chi connectivity index (χ3n) is 2.70. The molecule has 0 heteroatoms. The van der Waals surface area contributed by atoms with Crippen molar-refractivity contribution in [3.05, 3.63) is 17.4 Å². The van der Waals surface area contributed by atoms with Gasteiger partial charge in [-0.05, 0) is 36.3 Å². The minimum absolute atomic E-state index is 0.898. The van der Waals surface area contributed by atoms with Crippen molar-refractivity contribution >= 4 is 0 Å². The highest BCUT2D eigenvalue weighted by atomic mass is 14.5. The van der Waals surface area contributed by atoms with Crippen LogP contribution in [0.2, 0.25) is 0 Å². The molecule has 3 atom stereocenters. The quantitative estimate of drug-likeness (QED) is 0.466. The Bertz CT molecular complexity index is 194. The monoisotopic (exact) mass is 120 g/mol. The van der Waals surface area contributed by atoms with Gasteiger partial charge in [0.15, 0.2) is 0 Å². The first kappa shape index (κ1) is 5.32. The summed E-state index contributed by atoms with van der Waals surface area (Å²) in [6, 6.07) is 0. The Morgan fingerprint density at radius 3 is 2.78 bits per heavy atom. The van der Waals surface area contributed by atoms with Crippen molar-refractivity contribution in [2.24, 2.45) is 17.8 Å². The molecule has 9 heavy (non-hydrogen) atoms. The molecule has 1 saturated carbocycles. The summed E-state index contributed by atoms with van der Waals surface area (Å²) < 4.78 is 0. The number of allylic oxidation sites excluding steroid dienone is 1. The summed E-state index contributed by atoms with van der Waals surface area (Å²) in [5, 5.41) is 0. The second kappa shape index (κ2) is 1.52. The van der Waals surface area contributed by atoms with Gasteiger partial charge in [-0.25, -0.2) is 0 Å². The van der Waals surface area contributed by atoms with Gasteiger partial charge in [0.05, 0.1) is 0 Å². The smallest absolute Gasteiger partial charge is 0.00238 e. The van der Waals surface area contributed by atoms with Crippen LogP contribution < -0.4 is 0 Å². The first-order chi connectivity index (χ1) is 4.34. The van der Waals surface area contributed by atoms with E-state index in [1.807, 2.05) is 0 Å². The molecule has 0 aromatic rings. The molecule has 2 rings (SSSR count). The van der Waals surface area contributed by atoms with Crippen molar-refractivity contribution in [3.8, 4) is 0 Å². The average molecular weight is 120 g/mol. The Kier molecular flexibility index (Phi) is 0.896. The molecule has 0 N–H and O–H groups in total. The van der Waals surface area contributed by atoms with E-state index in [0.717, 1.165) is 17.8 Å². The average Bonchev–Trinajstić information content (AvgIpc) is 2.46. The molecule has 0 radical (unpaired) electrons. The van der Waals surface area contributed by atoms with E-state index in [9.17, 15) is 0 Å². The summed E-state index contributed by atoms with van der Waals surface area (Å²) in [5.74, 6) is 2.80. The molecule has 0 aliphatic heterocycles. The summed E-state index contributed by atoms with van der Waals surface area (Å²) in [7, 11) is 0. The first-order valence-corrected chi connectivity index (χ1v) is 3.78. The van der Waals surface area contributed by atoms with Crippen LogP contribution in [0.15, 0.2) is 17.4 Å². The Morgan fingerprint density at radius 1 is 1.67 bits per heavy atom. The number of rotatable bonds is 1. The topological polar surface area (TPSA) is 0 Å². The minimum atomic E-state index is 0.898. The predicted molar refractivity (Wildman–Crippen MR) is 38.0 cm³/mol. The number of hydrogen-bond donors (Lipinski definition) is 0. The van der Waals surface area contributed by atoms with Gasteiger partial charge in [-0.15, -0.1) is 5.73 Å². The lowest BCUT2D eigenvalue weighted by molar-refractivity contribution is 0.720. The first-order valence-electron chi connectivity index (χ1n) is 3.78. The highest BCUT2D eigenvalue weighted by Gasteiger charge is 2.49. The summed E-state index contributed by atoms with van der Waals surface area (Å²) in [6.45, 7) is 4.49. The van der Waals surface area contributed by atoms with Crippen molar-refractivity contribution in [1.29, 1.82) is 0 Å². The van der Waals surface area contributed by atoms with Gasteiger partial charge in [-0.2, -0.15) is 0 Å². The van der Waals surface area contributed by atoms with E-state index in [1.165, 1.54) is 12.0 Å². The van der Waals surface area contributed by atoms with E-state index in [1.54, 1.807) is 0 Å². The molecular formula is C9H12. The maximum Gasteiger partial charge on any atom is -0.00238 e. The fourth-order valence-electron chi connectivity index (χ4n) is 2.09. The molecule has 0 aromatic heterocycles. The summed E-state index contributed by atoms with van der Waals surface area (Å²) in [4.78, 5) is 0. The van der Waals surface area contributed by atoms with Crippen molar-refractivity contribution in [2.45, 2.75) is 20.3 Å². The Labute approximate surface area is 56.3 Å². The molecule has 0 spiro atoms. The van der Waals surface area contributed by atoms with E-state index < -0.39 is 0 Å². The SMILES string of the molecule is CCC1C2C(C)=C=C[C@H]12. The molecule has 48 valence electrons. The Morgan fingerprint density at radius 2 is 2.44 bits per heavy atom. The van der Waals surface area contributed by atoms with Crippen LogP contribution in [0.3, 0.4) is 0 Å². The van der Waals surface area contributed by atoms with Crippen LogP contribution in [0, 0.1) is 17.8 Å². The summed E-state index contributed by atoms with van der Waals surface area (Å²) in [6.07, 6.45) is 3.61. The molecule has 0 bridgehead atoms. The highest BCUT2D eigenvalue weighted by Crippen LogP contribution is 2.55. The van der Waals surface area contributed by atoms with Crippen molar-refractivity contribution in [3.63, 3.8) is 0 Å². The zero-order valence-corrected chi connectivity index (χ0v) is 6.02. The zero-order chi connectivity index (χ0) is 6.43. The molecule has 0 heterocycles. The second-order valence-electron chi connectivity index (χ2n) is 3.17. The van der Waals surface area contributed by atoms with Crippen LogP contribution in [0.1, 0.15) is 20.3 Å². The highest BCUT2D eigenvalue weighted by molar-refractivity contribution is 5.28. The van der Waals surface area contributed by atoms with E-state index in [-0.39, 0.29) is 0 Å². The second-order valence-corrected chi connectivity index (χ2v) is 3.17. The van der Waals surface area contributed by atoms with Crippen molar-refractivity contribution in [1.82, 2.24) is 0 Å². The van der Waals surface area contributed by atoms with Crippen LogP contribution in [0.4, 0.5) is 0 Å². The van der Waals surface area contributed by atoms with Crippen molar-refractivity contribution < 1.29 is 0 Å². The third-order valence-corrected chi connectivity index (χ3v) is 2.70. The molecule has 0 amide bonds. The molecular weight excluding hydrogens is 108 g/mol. The zero-order valence-electron chi connectivity index (χ0n) is 6.02. The van der Waals surface area contributed by atoms with Gasteiger partial charge in [0.25, 0.3) is 0 Å². The normalized spacial score (nSPS) is 44.7. The molecule has 0 nitrogen and oxygen atoms in total. The van der Waals surface area contributed by atoms with Gasteiger partial charge < -0.3 is 0 Å². The van der Waals surface area contributed by atoms with Gasteiger partial charge in [0.1, 0.15) is 0 Å². The van der Waals surface area contributed by atoms with E-state index in [2.05, 4.69) is 25.7 Å². The van der Waals surface area contributed by atoms with Gasteiger partial charge in [0.2, 0.25) is 0 Å². The van der Waals surface area contributed by atoms with Crippen LogP contribution in [-0.2, 0) is 0 Å². The minimum Gasteiger partial charge on any atom is -0.126 e. The lowest BCUT2D eigenvalue weighted by atomic mass is 10.1. The van der Waals surface area contributed by atoms with Gasteiger partial charge in [0, 0.05) is 0 Å². The van der Waals surface area contributed by atoms with E-state index in [0.29, 0.717) is 0 Å². The molecule has 0 saturated heterocycles. The summed E-state index contributed by atoms with van der Waals surface area (Å²) >= 11 is 0. The number of fused-ring (bicyclic) bond motifs is 1.